The largest absolute Gasteiger partial charge is 0.325 e. The predicted octanol–water partition coefficient (Wildman–Crippen LogP) is 3.19. The Labute approximate surface area is 88.4 Å². The van der Waals surface area contributed by atoms with E-state index in [2.05, 4.69) is 20.8 Å². The summed E-state index contributed by atoms with van der Waals surface area (Å²) in [5.41, 5.74) is 6.86. The number of nitrogens with two attached hydrogens (primary N) is 1. The van der Waals surface area contributed by atoms with Crippen LogP contribution in [0.15, 0.2) is 0 Å². The van der Waals surface area contributed by atoms with Crippen molar-refractivity contribution in [1.29, 1.82) is 0 Å². The molecule has 1 nitrogen and oxygen atoms in total. The Morgan fingerprint density at radius 2 is 2.07 bits per heavy atom. The molecule has 0 aliphatic heterocycles. The van der Waals surface area contributed by atoms with E-state index in [0.29, 0.717) is 5.92 Å². The fourth-order valence-corrected chi connectivity index (χ4v) is 3.86. The van der Waals surface area contributed by atoms with Crippen LogP contribution in [0.25, 0.3) is 0 Å². The molecule has 5 unspecified atom stereocenters. The van der Waals surface area contributed by atoms with E-state index in [4.69, 9.17) is 5.73 Å². The Bertz CT molecular complexity index is 213. The zero-order valence-electron chi connectivity index (χ0n) is 9.92. The molecule has 1 heteroatoms. The Morgan fingerprint density at radius 3 is 2.50 bits per heavy atom. The molecule has 0 saturated heterocycles. The molecule has 2 aliphatic rings. The normalized spacial score (nSPS) is 45.4. The van der Waals surface area contributed by atoms with E-state index in [9.17, 15) is 0 Å². The third-order valence-corrected chi connectivity index (χ3v) is 5.29. The third kappa shape index (κ3) is 1.41. The van der Waals surface area contributed by atoms with E-state index in [0.717, 1.165) is 17.8 Å². The maximum atomic E-state index is 6.66. The van der Waals surface area contributed by atoms with Crippen molar-refractivity contribution in [2.45, 2.75) is 58.4 Å². The molecule has 2 N–H and O–H groups in total. The molecule has 82 valence electrons. The van der Waals surface area contributed by atoms with Crippen LogP contribution in [0, 0.1) is 23.7 Å². The van der Waals surface area contributed by atoms with Crippen molar-refractivity contribution in [1.82, 2.24) is 0 Å². The lowest BCUT2D eigenvalue weighted by Crippen LogP contribution is -2.52. The van der Waals surface area contributed by atoms with Gasteiger partial charge in [-0.3, -0.25) is 0 Å². The van der Waals surface area contributed by atoms with Gasteiger partial charge in [0.15, 0.2) is 0 Å². The number of rotatable bonds is 3. The number of hydrogen-bond acceptors (Lipinski definition) is 1. The number of hydrogen-bond donors (Lipinski definition) is 1. The highest BCUT2D eigenvalue weighted by Crippen LogP contribution is 2.53. The van der Waals surface area contributed by atoms with Crippen LogP contribution >= 0.6 is 0 Å². The van der Waals surface area contributed by atoms with Crippen LogP contribution in [-0.2, 0) is 0 Å². The average molecular weight is 195 g/mol. The highest BCUT2D eigenvalue weighted by molar-refractivity contribution is 5.07. The summed E-state index contributed by atoms with van der Waals surface area (Å²) in [4.78, 5) is 0. The minimum Gasteiger partial charge on any atom is -0.325 e. The first-order valence-electron chi connectivity index (χ1n) is 6.36. The molecular formula is C13H25N. The summed E-state index contributed by atoms with van der Waals surface area (Å²) in [6.07, 6.45) is 6.87. The summed E-state index contributed by atoms with van der Waals surface area (Å²) in [6.45, 7) is 7.04. The van der Waals surface area contributed by atoms with Gasteiger partial charge in [-0.05, 0) is 42.9 Å². The molecular weight excluding hydrogens is 170 g/mol. The van der Waals surface area contributed by atoms with Gasteiger partial charge in [0.2, 0.25) is 0 Å². The van der Waals surface area contributed by atoms with Crippen molar-refractivity contribution in [3.05, 3.63) is 0 Å². The van der Waals surface area contributed by atoms with E-state index in [1.807, 2.05) is 0 Å². The second-order valence-electron chi connectivity index (χ2n) is 5.87. The lowest BCUT2D eigenvalue weighted by atomic mass is 9.68. The van der Waals surface area contributed by atoms with Crippen LogP contribution in [0.5, 0.6) is 0 Å². The second-order valence-corrected chi connectivity index (χ2v) is 5.87. The van der Waals surface area contributed by atoms with Crippen molar-refractivity contribution < 1.29 is 0 Å². The van der Waals surface area contributed by atoms with Crippen LogP contribution in [0.4, 0.5) is 0 Å². The van der Waals surface area contributed by atoms with Crippen LogP contribution in [0.2, 0.25) is 0 Å². The molecule has 0 heterocycles. The van der Waals surface area contributed by atoms with Gasteiger partial charge in [-0.15, -0.1) is 0 Å². The summed E-state index contributed by atoms with van der Waals surface area (Å²) in [7, 11) is 0. The average Bonchev–Trinajstić information content (AvgIpc) is 2.75. The summed E-state index contributed by atoms with van der Waals surface area (Å²) in [5, 5.41) is 0. The Hall–Kier alpha value is -0.0400. The van der Waals surface area contributed by atoms with Gasteiger partial charge in [0, 0.05) is 5.54 Å². The first kappa shape index (κ1) is 10.5. The topological polar surface area (TPSA) is 26.0 Å². The molecule has 0 aromatic rings. The highest BCUT2D eigenvalue weighted by Gasteiger charge is 2.51. The maximum Gasteiger partial charge on any atom is 0.0214 e. The zero-order chi connectivity index (χ0) is 10.3. The monoisotopic (exact) mass is 195 g/mol. The van der Waals surface area contributed by atoms with Crippen molar-refractivity contribution in [3.63, 3.8) is 0 Å². The molecule has 0 amide bonds. The van der Waals surface area contributed by atoms with Crippen molar-refractivity contribution >= 4 is 0 Å². The predicted molar refractivity (Wildman–Crippen MR) is 61.0 cm³/mol. The van der Waals surface area contributed by atoms with Gasteiger partial charge in [0.1, 0.15) is 0 Å². The smallest absolute Gasteiger partial charge is 0.0214 e. The summed E-state index contributed by atoms with van der Waals surface area (Å²) in [6, 6.07) is 0. The molecule has 2 fully saturated rings. The van der Waals surface area contributed by atoms with Gasteiger partial charge in [-0.25, -0.2) is 0 Å². The van der Waals surface area contributed by atoms with Gasteiger partial charge in [0.25, 0.3) is 0 Å². The van der Waals surface area contributed by atoms with Crippen LogP contribution < -0.4 is 5.73 Å². The van der Waals surface area contributed by atoms with Crippen molar-refractivity contribution in [2.75, 3.05) is 0 Å². The summed E-state index contributed by atoms with van der Waals surface area (Å²) >= 11 is 0. The second kappa shape index (κ2) is 3.52. The summed E-state index contributed by atoms with van der Waals surface area (Å²) in [5.74, 6) is 3.31. The van der Waals surface area contributed by atoms with E-state index in [1.54, 1.807) is 0 Å². The van der Waals surface area contributed by atoms with Gasteiger partial charge in [-0.2, -0.15) is 0 Å². The van der Waals surface area contributed by atoms with Gasteiger partial charge in [-0.1, -0.05) is 33.6 Å². The quantitative estimate of drug-likeness (QED) is 0.735. The molecule has 0 aromatic heterocycles. The first-order chi connectivity index (χ1) is 6.58. The molecule has 2 bridgehead atoms. The first-order valence-corrected chi connectivity index (χ1v) is 6.36. The molecule has 0 radical (unpaired) electrons. The standard InChI is InChI=1S/C13H25N/c1-4-9(2)10(3)13(14)8-11-5-6-12(13)7-11/h9-12H,4-8,14H2,1-3H3. The lowest BCUT2D eigenvalue weighted by molar-refractivity contribution is 0.139. The van der Waals surface area contributed by atoms with Crippen molar-refractivity contribution in [2.24, 2.45) is 29.4 Å². The van der Waals surface area contributed by atoms with E-state index >= 15 is 0 Å². The Balaban J connectivity index is 2.09. The van der Waals surface area contributed by atoms with Gasteiger partial charge < -0.3 is 5.73 Å². The molecule has 2 aliphatic carbocycles. The minimum absolute atomic E-state index is 0.193. The maximum absolute atomic E-state index is 6.66. The third-order valence-electron chi connectivity index (χ3n) is 5.29. The lowest BCUT2D eigenvalue weighted by Gasteiger charge is -2.42. The Morgan fingerprint density at radius 1 is 1.36 bits per heavy atom. The van der Waals surface area contributed by atoms with Crippen LogP contribution in [0.3, 0.4) is 0 Å². The van der Waals surface area contributed by atoms with Crippen LogP contribution in [-0.4, -0.2) is 5.54 Å². The van der Waals surface area contributed by atoms with Crippen molar-refractivity contribution in [3.8, 4) is 0 Å². The molecule has 0 spiro atoms. The fourth-order valence-electron chi connectivity index (χ4n) is 3.86. The zero-order valence-corrected chi connectivity index (χ0v) is 9.92. The summed E-state index contributed by atoms with van der Waals surface area (Å²) < 4.78 is 0. The van der Waals surface area contributed by atoms with Gasteiger partial charge in [0.05, 0.1) is 0 Å². The molecule has 14 heavy (non-hydrogen) atoms. The molecule has 2 rings (SSSR count). The van der Waals surface area contributed by atoms with E-state index in [1.165, 1.54) is 32.1 Å². The van der Waals surface area contributed by atoms with Crippen LogP contribution in [0.1, 0.15) is 52.9 Å². The molecule has 5 atom stereocenters. The SMILES string of the molecule is CCC(C)C(C)C1(N)CC2CCC1C2. The molecule has 0 aromatic carbocycles. The van der Waals surface area contributed by atoms with Gasteiger partial charge >= 0.3 is 0 Å². The highest BCUT2D eigenvalue weighted by atomic mass is 14.8. The van der Waals surface area contributed by atoms with E-state index < -0.39 is 0 Å². The molecule has 2 saturated carbocycles. The minimum atomic E-state index is 0.193. The Kier molecular flexibility index (Phi) is 2.63. The fraction of sp³-hybridized carbons (Fsp3) is 1.00. The van der Waals surface area contributed by atoms with E-state index in [-0.39, 0.29) is 5.54 Å². The number of fused-ring (bicyclic) bond motifs is 2.